The average Bonchev–Trinajstić information content (AvgIpc) is 2.93. The fourth-order valence-corrected chi connectivity index (χ4v) is 3.25. The van der Waals surface area contributed by atoms with Crippen LogP contribution in [-0.4, -0.2) is 15.7 Å². The Kier molecular flexibility index (Phi) is 2.31. The maximum Gasteiger partial charge on any atom is 0.251 e. The van der Waals surface area contributed by atoms with Crippen LogP contribution in [0.4, 0.5) is 0 Å². The van der Waals surface area contributed by atoms with Gasteiger partial charge in [0.05, 0.1) is 10.9 Å². The molecule has 1 unspecified atom stereocenters. The summed E-state index contributed by atoms with van der Waals surface area (Å²) < 4.78 is 0. The number of H-pyrrole nitrogens is 1. The van der Waals surface area contributed by atoms with E-state index in [1.54, 1.807) is 6.07 Å². The molecule has 1 aliphatic carbocycles. The normalized spacial score (nSPS) is 25.7. The Morgan fingerprint density at radius 1 is 1.40 bits per heavy atom. The van der Waals surface area contributed by atoms with Crippen molar-refractivity contribution < 1.29 is 0 Å². The van der Waals surface area contributed by atoms with E-state index in [4.69, 9.17) is 0 Å². The van der Waals surface area contributed by atoms with E-state index in [0.29, 0.717) is 11.2 Å². The van der Waals surface area contributed by atoms with Gasteiger partial charge < -0.3 is 4.98 Å². The first-order valence-corrected chi connectivity index (χ1v) is 6.60. The van der Waals surface area contributed by atoms with Crippen LogP contribution >= 0.6 is 11.8 Å². The van der Waals surface area contributed by atoms with Crippen molar-refractivity contribution in [3.8, 4) is 0 Å². The van der Waals surface area contributed by atoms with Gasteiger partial charge in [-0.05, 0) is 31.4 Å². The standard InChI is InChI=1S/C11H14N2OS/c14-10-6-8(7-3-4-7)12-11(13-10)9-2-1-5-15-9/h6-7,9H,1-5H2,(H,12,13,14). The zero-order valence-electron chi connectivity index (χ0n) is 8.53. The first-order valence-electron chi connectivity index (χ1n) is 5.56. The number of rotatable bonds is 2. The Morgan fingerprint density at radius 3 is 2.93 bits per heavy atom. The van der Waals surface area contributed by atoms with E-state index in [-0.39, 0.29) is 5.56 Å². The lowest BCUT2D eigenvalue weighted by Crippen LogP contribution is -2.13. The lowest BCUT2D eigenvalue weighted by Gasteiger charge is -2.08. The molecule has 0 spiro atoms. The highest BCUT2D eigenvalue weighted by atomic mass is 32.2. The molecule has 1 aromatic heterocycles. The summed E-state index contributed by atoms with van der Waals surface area (Å²) in [4.78, 5) is 19.0. The maximum atomic E-state index is 11.5. The van der Waals surface area contributed by atoms with E-state index in [1.807, 2.05) is 11.8 Å². The molecule has 0 aromatic carbocycles. The molecule has 1 aromatic rings. The van der Waals surface area contributed by atoms with E-state index >= 15 is 0 Å². The molecule has 1 saturated carbocycles. The molecule has 1 N–H and O–H groups in total. The third-order valence-electron chi connectivity index (χ3n) is 3.01. The molecule has 0 amide bonds. The van der Waals surface area contributed by atoms with Gasteiger partial charge in [-0.3, -0.25) is 4.79 Å². The molecule has 3 rings (SSSR count). The molecule has 3 nitrogen and oxygen atoms in total. The Balaban J connectivity index is 1.95. The van der Waals surface area contributed by atoms with Crippen molar-refractivity contribution in [2.75, 3.05) is 5.75 Å². The number of thioether (sulfide) groups is 1. The molecule has 1 atom stereocenters. The Bertz CT molecular complexity index is 419. The van der Waals surface area contributed by atoms with Crippen LogP contribution < -0.4 is 5.56 Å². The van der Waals surface area contributed by atoms with Gasteiger partial charge in [0.1, 0.15) is 5.82 Å². The molecule has 1 saturated heterocycles. The molecule has 80 valence electrons. The van der Waals surface area contributed by atoms with Gasteiger partial charge in [-0.15, -0.1) is 0 Å². The minimum absolute atomic E-state index is 0.0226. The minimum atomic E-state index is 0.0226. The molecular weight excluding hydrogens is 208 g/mol. The Labute approximate surface area is 92.7 Å². The summed E-state index contributed by atoms with van der Waals surface area (Å²) in [5.41, 5.74) is 1.04. The van der Waals surface area contributed by atoms with Gasteiger partial charge >= 0.3 is 0 Å². The minimum Gasteiger partial charge on any atom is -0.310 e. The smallest absolute Gasteiger partial charge is 0.251 e. The highest BCUT2D eigenvalue weighted by molar-refractivity contribution is 7.99. The first kappa shape index (κ1) is 9.46. The Morgan fingerprint density at radius 2 is 2.27 bits per heavy atom. The van der Waals surface area contributed by atoms with Crippen LogP contribution in [0.5, 0.6) is 0 Å². The molecule has 4 heteroatoms. The van der Waals surface area contributed by atoms with Gasteiger partial charge in [0, 0.05) is 12.0 Å². The summed E-state index contributed by atoms with van der Waals surface area (Å²) in [5.74, 6) is 2.67. The third kappa shape index (κ3) is 1.95. The van der Waals surface area contributed by atoms with Gasteiger partial charge in [0.25, 0.3) is 5.56 Å². The van der Waals surface area contributed by atoms with Crippen LogP contribution in [0.3, 0.4) is 0 Å². The first-order chi connectivity index (χ1) is 7.33. The molecule has 15 heavy (non-hydrogen) atoms. The number of aromatic nitrogens is 2. The summed E-state index contributed by atoms with van der Waals surface area (Å²) in [6.45, 7) is 0. The summed E-state index contributed by atoms with van der Waals surface area (Å²) in [5, 5.41) is 0.427. The molecular formula is C11H14N2OS. The van der Waals surface area contributed by atoms with Crippen molar-refractivity contribution in [1.82, 2.24) is 9.97 Å². The van der Waals surface area contributed by atoms with Gasteiger partial charge in [-0.25, -0.2) is 4.98 Å². The molecule has 0 radical (unpaired) electrons. The molecule has 2 heterocycles. The largest absolute Gasteiger partial charge is 0.310 e. The fourth-order valence-electron chi connectivity index (χ4n) is 2.03. The zero-order valence-corrected chi connectivity index (χ0v) is 9.35. The zero-order chi connectivity index (χ0) is 10.3. The number of nitrogens with zero attached hydrogens (tertiary/aromatic N) is 1. The van der Waals surface area contributed by atoms with Crippen LogP contribution in [0.25, 0.3) is 0 Å². The van der Waals surface area contributed by atoms with Crippen molar-refractivity contribution in [3.63, 3.8) is 0 Å². The predicted octanol–water partition coefficient (Wildman–Crippen LogP) is 2.22. The van der Waals surface area contributed by atoms with Gasteiger partial charge in [-0.1, -0.05) is 0 Å². The van der Waals surface area contributed by atoms with Gasteiger partial charge in [-0.2, -0.15) is 11.8 Å². The van der Waals surface area contributed by atoms with Crippen LogP contribution in [-0.2, 0) is 0 Å². The van der Waals surface area contributed by atoms with Crippen LogP contribution in [0.15, 0.2) is 10.9 Å². The second kappa shape index (κ2) is 3.67. The van der Waals surface area contributed by atoms with E-state index in [1.165, 1.54) is 25.0 Å². The third-order valence-corrected chi connectivity index (χ3v) is 4.40. The fraction of sp³-hybridized carbons (Fsp3) is 0.636. The summed E-state index contributed by atoms with van der Waals surface area (Å²) >= 11 is 1.91. The number of nitrogens with one attached hydrogen (secondary N) is 1. The molecule has 2 aliphatic rings. The summed E-state index contributed by atoms with van der Waals surface area (Å²) in [6.07, 6.45) is 4.80. The van der Waals surface area contributed by atoms with E-state index in [2.05, 4.69) is 9.97 Å². The average molecular weight is 222 g/mol. The van der Waals surface area contributed by atoms with Gasteiger partial charge in [0.15, 0.2) is 0 Å². The topological polar surface area (TPSA) is 45.8 Å². The van der Waals surface area contributed by atoms with E-state index in [9.17, 15) is 4.79 Å². The molecule has 2 fully saturated rings. The second-order valence-electron chi connectivity index (χ2n) is 4.33. The van der Waals surface area contributed by atoms with Crippen LogP contribution in [0, 0.1) is 0 Å². The van der Waals surface area contributed by atoms with Crippen molar-refractivity contribution in [1.29, 1.82) is 0 Å². The predicted molar refractivity (Wildman–Crippen MR) is 61.3 cm³/mol. The second-order valence-corrected chi connectivity index (χ2v) is 5.64. The lowest BCUT2D eigenvalue weighted by atomic mass is 10.2. The number of hydrogen-bond acceptors (Lipinski definition) is 3. The van der Waals surface area contributed by atoms with Crippen molar-refractivity contribution in [2.45, 2.75) is 36.9 Å². The van der Waals surface area contributed by atoms with Crippen molar-refractivity contribution in [2.24, 2.45) is 0 Å². The Hall–Kier alpha value is -0.770. The summed E-state index contributed by atoms with van der Waals surface area (Å²) in [6, 6.07) is 1.67. The quantitative estimate of drug-likeness (QED) is 0.834. The van der Waals surface area contributed by atoms with Crippen LogP contribution in [0.2, 0.25) is 0 Å². The number of hydrogen-bond donors (Lipinski definition) is 1. The number of aromatic amines is 1. The van der Waals surface area contributed by atoms with Crippen molar-refractivity contribution in [3.05, 3.63) is 27.9 Å². The highest BCUT2D eigenvalue weighted by Crippen LogP contribution is 2.41. The molecule has 1 aliphatic heterocycles. The van der Waals surface area contributed by atoms with E-state index < -0.39 is 0 Å². The van der Waals surface area contributed by atoms with Gasteiger partial charge in [0.2, 0.25) is 0 Å². The SMILES string of the molecule is O=c1cc(C2CC2)nc(C2CCCS2)[nH]1. The summed E-state index contributed by atoms with van der Waals surface area (Å²) in [7, 11) is 0. The highest BCUT2D eigenvalue weighted by Gasteiger charge is 2.27. The maximum absolute atomic E-state index is 11.5. The van der Waals surface area contributed by atoms with Crippen molar-refractivity contribution >= 4 is 11.8 Å². The monoisotopic (exact) mass is 222 g/mol. The lowest BCUT2D eigenvalue weighted by molar-refractivity contribution is 0.758. The van der Waals surface area contributed by atoms with E-state index in [0.717, 1.165) is 17.9 Å². The van der Waals surface area contributed by atoms with Crippen LogP contribution in [0.1, 0.15) is 48.4 Å². The molecule has 0 bridgehead atoms.